The summed E-state index contributed by atoms with van der Waals surface area (Å²) in [7, 11) is -3.81. The molecule has 2 aromatic carbocycles. The highest BCUT2D eigenvalue weighted by Crippen LogP contribution is 2.35. The summed E-state index contributed by atoms with van der Waals surface area (Å²) in [6, 6.07) is 9.47. The molecule has 0 atom stereocenters. The molecular weight excluding hydrogens is 258 g/mol. The van der Waals surface area contributed by atoms with E-state index in [-0.39, 0.29) is 11.4 Å². The van der Waals surface area contributed by atoms with Crippen LogP contribution in [0.3, 0.4) is 0 Å². The van der Waals surface area contributed by atoms with Crippen LogP contribution < -0.4 is 4.18 Å². The van der Waals surface area contributed by atoms with Gasteiger partial charge in [-0.2, -0.15) is 8.42 Å². The Labute approximate surface area is 103 Å². The molecule has 94 valence electrons. The van der Waals surface area contributed by atoms with Crippen LogP contribution in [0.1, 0.15) is 0 Å². The molecule has 2 aromatic rings. The number of fused-ring (bicyclic) bond motifs is 1. The van der Waals surface area contributed by atoms with E-state index in [4.69, 9.17) is 0 Å². The molecule has 0 bridgehead atoms. The van der Waals surface area contributed by atoms with Gasteiger partial charge in [0.2, 0.25) is 5.75 Å². The van der Waals surface area contributed by atoms with Crippen molar-refractivity contribution >= 4 is 26.6 Å². The van der Waals surface area contributed by atoms with Crippen molar-refractivity contribution < 1.29 is 17.5 Å². The van der Waals surface area contributed by atoms with Gasteiger partial charge in [-0.1, -0.05) is 24.3 Å². The fourth-order valence-corrected chi connectivity index (χ4v) is 2.11. The maximum absolute atomic E-state index is 11.1. The molecule has 0 aromatic heterocycles. The summed E-state index contributed by atoms with van der Waals surface area (Å²) in [5.41, 5.74) is -0.349. The number of nitro groups is 1. The fraction of sp³-hybridized carbons (Fsp3) is 0.0909. The molecule has 0 aliphatic heterocycles. The Morgan fingerprint density at radius 3 is 2.44 bits per heavy atom. The van der Waals surface area contributed by atoms with Gasteiger partial charge < -0.3 is 4.18 Å². The van der Waals surface area contributed by atoms with Crippen molar-refractivity contribution in [3.05, 3.63) is 46.5 Å². The highest BCUT2D eigenvalue weighted by Gasteiger charge is 2.22. The summed E-state index contributed by atoms with van der Waals surface area (Å²) in [5.74, 6) is -0.277. The lowest BCUT2D eigenvalue weighted by Crippen LogP contribution is -2.07. The van der Waals surface area contributed by atoms with E-state index in [1.807, 2.05) is 0 Å². The molecule has 0 aliphatic rings. The van der Waals surface area contributed by atoms with Gasteiger partial charge in [0, 0.05) is 0 Å². The lowest BCUT2D eigenvalue weighted by atomic mass is 10.1. The van der Waals surface area contributed by atoms with Crippen LogP contribution >= 0.6 is 0 Å². The topological polar surface area (TPSA) is 86.5 Å². The monoisotopic (exact) mass is 267 g/mol. The Bertz CT molecular complexity index is 723. The first-order valence-corrected chi connectivity index (χ1v) is 6.76. The van der Waals surface area contributed by atoms with Gasteiger partial charge in [0.25, 0.3) is 0 Å². The van der Waals surface area contributed by atoms with Crippen molar-refractivity contribution in [2.45, 2.75) is 0 Å². The Kier molecular flexibility index (Phi) is 2.92. The van der Waals surface area contributed by atoms with Crippen LogP contribution in [0.5, 0.6) is 5.75 Å². The Balaban J connectivity index is 2.75. The summed E-state index contributed by atoms with van der Waals surface area (Å²) in [4.78, 5) is 10.4. The minimum atomic E-state index is -3.81. The zero-order valence-corrected chi connectivity index (χ0v) is 10.2. The van der Waals surface area contributed by atoms with Crippen LogP contribution in [-0.4, -0.2) is 19.6 Å². The van der Waals surface area contributed by atoms with Crippen molar-refractivity contribution in [3.8, 4) is 5.75 Å². The van der Waals surface area contributed by atoms with E-state index in [0.717, 1.165) is 6.26 Å². The fourth-order valence-electron chi connectivity index (χ4n) is 1.65. The number of nitrogens with zero attached hydrogens (tertiary/aromatic N) is 1. The minimum Gasteiger partial charge on any atom is -0.375 e. The number of benzene rings is 2. The Morgan fingerprint density at radius 2 is 1.83 bits per heavy atom. The van der Waals surface area contributed by atoms with Gasteiger partial charge in [-0.25, -0.2) is 0 Å². The molecule has 0 amide bonds. The van der Waals surface area contributed by atoms with Gasteiger partial charge in [0.1, 0.15) is 0 Å². The summed E-state index contributed by atoms with van der Waals surface area (Å²) in [6.45, 7) is 0. The van der Waals surface area contributed by atoms with E-state index in [9.17, 15) is 18.5 Å². The maximum atomic E-state index is 11.1. The van der Waals surface area contributed by atoms with Crippen molar-refractivity contribution in [2.24, 2.45) is 0 Å². The molecule has 7 heteroatoms. The van der Waals surface area contributed by atoms with Crippen LogP contribution in [0.2, 0.25) is 0 Å². The quantitative estimate of drug-likeness (QED) is 0.482. The third-order valence-corrected chi connectivity index (χ3v) is 2.77. The smallest absolute Gasteiger partial charge is 0.320 e. The van der Waals surface area contributed by atoms with E-state index in [2.05, 4.69) is 4.18 Å². The number of rotatable bonds is 3. The maximum Gasteiger partial charge on any atom is 0.320 e. The first kappa shape index (κ1) is 12.3. The summed E-state index contributed by atoms with van der Waals surface area (Å²) < 4.78 is 26.8. The second-order valence-corrected chi connectivity index (χ2v) is 5.25. The van der Waals surface area contributed by atoms with E-state index in [1.54, 1.807) is 30.3 Å². The molecule has 0 aliphatic carbocycles. The molecule has 0 spiro atoms. The van der Waals surface area contributed by atoms with Crippen LogP contribution in [0.4, 0.5) is 5.69 Å². The van der Waals surface area contributed by atoms with Crippen molar-refractivity contribution in [1.82, 2.24) is 0 Å². The van der Waals surface area contributed by atoms with Crippen molar-refractivity contribution in [1.29, 1.82) is 0 Å². The predicted octanol–water partition coefficient (Wildman–Crippen LogP) is 2.09. The molecule has 0 N–H and O–H groups in total. The van der Waals surface area contributed by atoms with Crippen LogP contribution in [0, 0.1) is 10.1 Å². The zero-order chi connectivity index (χ0) is 13.3. The second-order valence-electron chi connectivity index (χ2n) is 3.68. The van der Waals surface area contributed by atoms with E-state index in [1.165, 1.54) is 6.07 Å². The average molecular weight is 267 g/mol. The highest BCUT2D eigenvalue weighted by atomic mass is 32.2. The lowest BCUT2D eigenvalue weighted by Gasteiger charge is -2.06. The SMILES string of the molecule is CS(=O)(=O)Oc1ccc2ccccc2c1[N+](=O)[O-]. The molecule has 2 rings (SSSR count). The van der Waals surface area contributed by atoms with E-state index < -0.39 is 15.0 Å². The second kappa shape index (κ2) is 4.26. The summed E-state index contributed by atoms with van der Waals surface area (Å²) in [6.07, 6.45) is 0.839. The number of hydrogen-bond donors (Lipinski definition) is 0. The van der Waals surface area contributed by atoms with Gasteiger partial charge in [0.15, 0.2) is 0 Å². The summed E-state index contributed by atoms with van der Waals surface area (Å²) in [5, 5.41) is 12.0. The minimum absolute atomic E-state index is 0.277. The standard InChI is InChI=1S/C11H9NO5S/c1-18(15,16)17-10-7-6-8-4-2-3-5-9(8)11(10)12(13)14/h2-7H,1H3. The van der Waals surface area contributed by atoms with Gasteiger partial charge in [-0.3, -0.25) is 10.1 Å². The lowest BCUT2D eigenvalue weighted by molar-refractivity contribution is -0.383. The largest absolute Gasteiger partial charge is 0.375 e. The van der Waals surface area contributed by atoms with Crippen LogP contribution in [0.15, 0.2) is 36.4 Å². The van der Waals surface area contributed by atoms with Gasteiger partial charge >= 0.3 is 15.8 Å². The third-order valence-electron chi connectivity index (χ3n) is 2.29. The molecule has 0 unspecified atom stereocenters. The van der Waals surface area contributed by atoms with E-state index in [0.29, 0.717) is 10.8 Å². The Morgan fingerprint density at radius 1 is 1.17 bits per heavy atom. The van der Waals surface area contributed by atoms with Gasteiger partial charge in [-0.15, -0.1) is 0 Å². The first-order chi connectivity index (χ1) is 8.38. The molecule has 0 radical (unpaired) electrons. The van der Waals surface area contributed by atoms with E-state index >= 15 is 0 Å². The normalized spacial score (nSPS) is 11.4. The van der Waals surface area contributed by atoms with Crippen molar-refractivity contribution in [2.75, 3.05) is 6.26 Å². The van der Waals surface area contributed by atoms with Gasteiger partial charge in [-0.05, 0) is 17.5 Å². The Hall–Kier alpha value is -2.15. The van der Waals surface area contributed by atoms with Gasteiger partial charge in [0.05, 0.1) is 16.6 Å². The predicted molar refractivity (Wildman–Crippen MR) is 66.1 cm³/mol. The van der Waals surface area contributed by atoms with Crippen LogP contribution in [-0.2, 0) is 10.1 Å². The third kappa shape index (κ3) is 2.40. The van der Waals surface area contributed by atoms with Crippen molar-refractivity contribution in [3.63, 3.8) is 0 Å². The number of nitro benzene ring substituents is 1. The molecule has 18 heavy (non-hydrogen) atoms. The molecule has 0 saturated carbocycles. The molecular formula is C11H9NO5S. The first-order valence-electron chi connectivity index (χ1n) is 4.94. The zero-order valence-electron chi connectivity index (χ0n) is 9.36. The highest BCUT2D eigenvalue weighted by molar-refractivity contribution is 7.86. The molecule has 6 nitrogen and oxygen atoms in total. The molecule has 0 saturated heterocycles. The number of hydrogen-bond acceptors (Lipinski definition) is 5. The van der Waals surface area contributed by atoms with Crippen LogP contribution in [0.25, 0.3) is 10.8 Å². The molecule has 0 heterocycles. The molecule has 0 fully saturated rings. The summed E-state index contributed by atoms with van der Waals surface area (Å²) >= 11 is 0. The average Bonchev–Trinajstić information content (AvgIpc) is 2.26.